The molecule has 0 saturated carbocycles. The lowest BCUT2D eigenvalue weighted by Crippen LogP contribution is -2.62. The van der Waals surface area contributed by atoms with Crippen LogP contribution < -0.4 is 10.7 Å². The number of nitrogens with one attached hydrogen (secondary N) is 2. The van der Waals surface area contributed by atoms with Crippen LogP contribution in [0, 0.1) is 28.4 Å². The number of carbonyl (C=O) groups is 4. The minimum Gasteiger partial charge on any atom is -0.508 e. The summed E-state index contributed by atoms with van der Waals surface area (Å²) in [6.45, 7) is 13.6. The number of amides is 3. The lowest BCUT2D eigenvalue weighted by Gasteiger charge is -2.42. The van der Waals surface area contributed by atoms with Gasteiger partial charge in [-0.1, -0.05) is 45.7 Å². The minimum absolute atomic E-state index is 0.0260. The van der Waals surface area contributed by atoms with E-state index in [1.54, 1.807) is 39.3 Å². The van der Waals surface area contributed by atoms with Crippen LogP contribution in [0.2, 0.25) is 0 Å². The molecule has 6 heterocycles. The Balaban J connectivity index is 1.04. The standard InChI is InChI=1S/C54H68N8O10S/c1-8-61-43-15-14-35-30-40(43)44-45(49(70-7)46-39(48(44)61)12-9-17-55-46)54(4,5)32-72-53(67)41-13-10-19-62(57-41)52(66)42(28-34-26-37(35)29-38(63)27-34)56-50(64)47(33(2)3)58(6)51(65)36-16-20-60(31-36)73(68,69)25-11-18-59-21-23-71-24-22-59/h9,12,14-15,17,26-27,29-30,33,36,41-42,45,47,49,57,63H,8,10,13,16,18-24,28,31-32H2,1-7H3,(H,56,64)/t36-,41-,42-,45?,47-,49-/m0/s1. The molecule has 3 saturated heterocycles. The number of benzene rings is 2. The first-order valence-corrected chi connectivity index (χ1v) is 26.9. The van der Waals surface area contributed by atoms with Crippen molar-refractivity contribution in [2.24, 2.45) is 17.3 Å². The van der Waals surface area contributed by atoms with Crippen LogP contribution in [0.4, 0.5) is 0 Å². The number of sulfonamides is 1. The average molecular weight is 1020 g/mol. The normalized spacial score (nSPS) is 24.0. The summed E-state index contributed by atoms with van der Waals surface area (Å²) in [5.41, 5.74) is 9.31. The van der Waals surface area contributed by atoms with Gasteiger partial charge in [-0.25, -0.2) is 5.43 Å². The van der Waals surface area contributed by atoms with Crippen molar-refractivity contribution in [1.82, 2.24) is 39.4 Å². The number of hydrazine groups is 1. The second kappa shape index (κ2) is 21.2. The summed E-state index contributed by atoms with van der Waals surface area (Å²) in [5, 5.41) is 19.2. The number of rotatable bonds is 9. The van der Waals surface area contributed by atoms with Gasteiger partial charge in [0, 0.05) is 99.1 Å². The summed E-state index contributed by atoms with van der Waals surface area (Å²) in [7, 11) is -0.769. The van der Waals surface area contributed by atoms with Gasteiger partial charge in [0.25, 0.3) is 15.9 Å². The minimum atomic E-state index is -3.98. The number of morpholine rings is 1. The first kappa shape index (κ1) is 52.0. The van der Waals surface area contributed by atoms with Crippen LogP contribution in [0.15, 0.2) is 54.7 Å². The molecule has 9 rings (SSSR count). The summed E-state index contributed by atoms with van der Waals surface area (Å²) in [6, 6.07) is 12.2. The molecule has 3 N–H and O–H groups in total. The Morgan fingerprint density at radius 2 is 1.84 bits per heavy atom. The smallest absolute Gasteiger partial charge is 0.324 e. The first-order chi connectivity index (χ1) is 34.9. The average Bonchev–Trinajstić information content (AvgIpc) is 4.01. The third kappa shape index (κ3) is 10.3. The fourth-order valence-corrected chi connectivity index (χ4v) is 12.8. The van der Waals surface area contributed by atoms with Gasteiger partial charge in [0.15, 0.2) is 0 Å². The molecule has 18 nitrogen and oxygen atoms in total. The van der Waals surface area contributed by atoms with Crippen LogP contribution in [0.3, 0.4) is 0 Å². The lowest BCUT2D eigenvalue weighted by atomic mass is 9.67. The van der Waals surface area contributed by atoms with E-state index in [4.69, 9.17) is 19.2 Å². The SMILES string of the molecule is CCn1c2c3c4cc(ccc41)-c1cc(O)cc(c1)C[C@H](NC(=O)[C@H](C(C)C)N(C)C(=O)[C@H]1CCN(S(=O)(=O)C#CCN4CCOCC4)C1)C(=O)N1CCC[C@H](N1)C(=O)OCC(C)(C)C3[C@H](OC)c1ncccc1-2. The van der Waals surface area contributed by atoms with E-state index >= 15 is 0 Å². The molecular weight excluding hydrogens is 953 g/mol. The largest absolute Gasteiger partial charge is 0.508 e. The molecule has 0 radical (unpaired) electrons. The van der Waals surface area contributed by atoms with Gasteiger partial charge < -0.3 is 34.1 Å². The molecule has 0 spiro atoms. The van der Waals surface area contributed by atoms with E-state index in [-0.39, 0.29) is 50.8 Å². The van der Waals surface area contributed by atoms with Crippen molar-refractivity contribution >= 4 is 44.6 Å². The van der Waals surface area contributed by atoms with E-state index in [1.165, 1.54) is 21.3 Å². The number of phenolic OH excluding ortho intramolecular Hbond substituents is 1. The van der Waals surface area contributed by atoms with E-state index in [9.17, 15) is 32.7 Å². The topological polar surface area (TPSA) is 205 Å². The molecule has 1 unspecified atom stereocenters. The van der Waals surface area contributed by atoms with E-state index in [0.717, 1.165) is 39.0 Å². The quantitative estimate of drug-likeness (QED) is 0.157. The van der Waals surface area contributed by atoms with Crippen molar-refractivity contribution in [3.63, 3.8) is 0 Å². The van der Waals surface area contributed by atoms with Gasteiger partial charge in [-0.2, -0.15) is 12.7 Å². The van der Waals surface area contributed by atoms with Gasteiger partial charge in [0.2, 0.25) is 11.8 Å². The van der Waals surface area contributed by atoms with Crippen molar-refractivity contribution in [2.45, 2.75) is 97.0 Å². The van der Waals surface area contributed by atoms with E-state index < -0.39 is 75.2 Å². The maximum absolute atomic E-state index is 14.9. The molecule has 6 bridgehead atoms. The number of methoxy groups -OCH3 is 1. The second-order valence-electron chi connectivity index (χ2n) is 21.0. The maximum atomic E-state index is 14.9. The van der Waals surface area contributed by atoms with Crippen molar-refractivity contribution in [1.29, 1.82) is 0 Å². The Bertz CT molecular complexity index is 2960. The summed E-state index contributed by atoms with van der Waals surface area (Å²) in [5.74, 6) is -0.756. The molecule has 4 aliphatic heterocycles. The number of pyridine rings is 1. The van der Waals surface area contributed by atoms with Gasteiger partial charge in [0.1, 0.15) is 30.0 Å². The molecule has 1 aliphatic carbocycles. The van der Waals surface area contributed by atoms with Crippen molar-refractivity contribution < 1.29 is 46.9 Å². The summed E-state index contributed by atoms with van der Waals surface area (Å²) in [4.78, 5) is 66.2. The van der Waals surface area contributed by atoms with Crippen LogP contribution in [-0.4, -0.2) is 157 Å². The Morgan fingerprint density at radius 3 is 2.58 bits per heavy atom. The highest BCUT2D eigenvalue weighted by Crippen LogP contribution is 2.57. The van der Waals surface area contributed by atoms with Gasteiger partial charge in [-0.15, -0.1) is 0 Å². The van der Waals surface area contributed by atoms with Crippen molar-refractivity contribution in [3.05, 3.63) is 71.5 Å². The number of fused-ring (bicyclic) bond motifs is 8. The zero-order valence-corrected chi connectivity index (χ0v) is 43.7. The summed E-state index contributed by atoms with van der Waals surface area (Å²) >= 11 is 0. The number of aryl methyl sites for hydroxylation is 1. The number of nitrogens with zero attached hydrogens (tertiary/aromatic N) is 6. The molecule has 2 aromatic heterocycles. The number of aromatic nitrogens is 2. The van der Waals surface area contributed by atoms with Gasteiger partial charge in [-0.05, 0) is 90.8 Å². The second-order valence-corrected chi connectivity index (χ2v) is 22.7. The predicted octanol–water partition coefficient (Wildman–Crippen LogP) is 4.41. The Labute approximate surface area is 427 Å². The number of likely N-dealkylation sites (N-methyl/N-ethyl adjacent to an activating group) is 1. The number of phenols is 1. The number of esters is 1. The first-order valence-electron chi connectivity index (χ1n) is 25.5. The van der Waals surface area contributed by atoms with Crippen molar-refractivity contribution in [3.8, 4) is 39.3 Å². The van der Waals surface area contributed by atoms with Gasteiger partial charge in [0.05, 0.1) is 43.7 Å². The number of cyclic esters (lactones) is 1. The number of aromatic hydroxyl groups is 1. The molecule has 19 heteroatoms. The third-order valence-corrected chi connectivity index (χ3v) is 16.7. The van der Waals surface area contributed by atoms with Crippen molar-refractivity contribution in [2.75, 3.05) is 73.2 Å². The maximum Gasteiger partial charge on any atom is 0.324 e. The molecule has 6 atom stereocenters. The fourth-order valence-electron chi connectivity index (χ4n) is 11.7. The Kier molecular flexibility index (Phi) is 15.1. The highest BCUT2D eigenvalue weighted by Gasteiger charge is 2.48. The van der Waals surface area contributed by atoms with E-state index in [1.807, 2.05) is 23.1 Å². The molecule has 73 heavy (non-hydrogen) atoms. The lowest BCUT2D eigenvalue weighted by molar-refractivity contribution is -0.156. The van der Waals surface area contributed by atoms with Crippen LogP contribution >= 0.6 is 0 Å². The van der Waals surface area contributed by atoms with E-state index in [0.29, 0.717) is 63.4 Å². The van der Waals surface area contributed by atoms with Crippen LogP contribution in [0.25, 0.3) is 33.3 Å². The van der Waals surface area contributed by atoms with Crippen LogP contribution in [0.1, 0.15) is 82.7 Å². The fraction of sp³-hybridized carbons (Fsp3) is 0.537. The highest BCUT2D eigenvalue weighted by atomic mass is 32.2. The zero-order valence-electron chi connectivity index (χ0n) is 42.9. The monoisotopic (exact) mass is 1020 g/mol. The van der Waals surface area contributed by atoms with Crippen LogP contribution in [0.5, 0.6) is 5.75 Å². The van der Waals surface area contributed by atoms with Gasteiger partial charge >= 0.3 is 5.97 Å². The third-order valence-electron chi connectivity index (χ3n) is 15.3. The Hall–Kier alpha value is -5.88. The van der Waals surface area contributed by atoms with E-state index in [2.05, 4.69) is 65.5 Å². The predicted molar refractivity (Wildman–Crippen MR) is 274 cm³/mol. The Morgan fingerprint density at radius 1 is 1.05 bits per heavy atom. The molecule has 3 amide bonds. The molecule has 5 aliphatic rings. The van der Waals surface area contributed by atoms with Gasteiger partial charge in [-0.3, -0.25) is 34.1 Å². The molecule has 4 aromatic rings. The molecule has 390 valence electrons. The molecule has 3 fully saturated rings. The number of ether oxygens (including phenoxy) is 3. The number of hydrogen-bond donors (Lipinski definition) is 3. The zero-order chi connectivity index (χ0) is 51.9. The summed E-state index contributed by atoms with van der Waals surface area (Å²) < 4.78 is 48.0. The number of hydrogen-bond acceptors (Lipinski definition) is 13. The van der Waals surface area contributed by atoms with Crippen LogP contribution in [-0.2, 0) is 56.4 Å². The highest BCUT2D eigenvalue weighted by molar-refractivity contribution is 7.93. The number of carbonyl (C=O) groups excluding carboxylic acids is 4. The summed E-state index contributed by atoms with van der Waals surface area (Å²) in [6.07, 6.45) is 2.36. The molecule has 2 aromatic carbocycles. The molecular formula is C54H68N8O10S.